The first kappa shape index (κ1) is 11.9. The van der Waals surface area contributed by atoms with Crippen molar-refractivity contribution in [3.8, 4) is 6.07 Å². The molecule has 0 fully saturated rings. The van der Waals surface area contributed by atoms with E-state index in [2.05, 4.69) is 5.32 Å². The molecule has 0 spiro atoms. The van der Waals surface area contributed by atoms with E-state index in [1.165, 1.54) is 24.3 Å². The Balaban J connectivity index is 2.84. The molecule has 0 saturated heterocycles. The molecule has 0 aliphatic carbocycles. The van der Waals surface area contributed by atoms with Crippen LogP contribution in [0.5, 0.6) is 0 Å². The molecule has 1 rings (SSSR count). The van der Waals surface area contributed by atoms with Crippen LogP contribution in [-0.4, -0.2) is 11.7 Å². The minimum absolute atomic E-state index is 0.0472. The second kappa shape index (κ2) is 5.03. The van der Waals surface area contributed by atoms with Crippen LogP contribution in [0, 0.1) is 23.1 Å². The van der Waals surface area contributed by atoms with E-state index in [4.69, 9.17) is 5.26 Å². The maximum absolute atomic E-state index is 13.1. The number of Topliss-reactive ketones (excluding diaryl/α,β-unsaturated/α-hetero) is 1. The largest absolute Gasteiger partial charge is 0.322 e. The van der Waals surface area contributed by atoms with E-state index in [1.54, 1.807) is 6.07 Å². The fourth-order valence-corrected chi connectivity index (χ4v) is 1.10. The van der Waals surface area contributed by atoms with Gasteiger partial charge in [0.15, 0.2) is 11.7 Å². The van der Waals surface area contributed by atoms with Gasteiger partial charge in [0.2, 0.25) is 5.91 Å². The first-order valence-corrected chi connectivity index (χ1v) is 4.51. The van der Waals surface area contributed by atoms with Gasteiger partial charge in [0.05, 0.1) is 11.8 Å². The van der Waals surface area contributed by atoms with Gasteiger partial charge in [-0.25, -0.2) is 4.39 Å². The van der Waals surface area contributed by atoms with E-state index in [0.29, 0.717) is 0 Å². The standard InChI is InChI=1S/C11H9FN2O2/c1-7(15)8(6-13)11(16)14-10-5-3-2-4-9(10)12/h2-5,8H,1H3,(H,14,16). The zero-order valence-electron chi connectivity index (χ0n) is 8.53. The highest BCUT2D eigenvalue weighted by molar-refractivity contribution is 6.08. The first-order valence-electron chi connectivity index (χ1n) is 4.51. The summed E-state index contributed by atoms with van der Waals surface area (Å²) >= 11 is 0. The Kier molecular flexibility index (Phi) is 3.72. The number of carbonyl (C=O) groups excluding carboxylic acids is 2. The zero-order chi connectivity index (χ0) is 12.1. The summed E-state index contributed by atoms with van der Waals surface area (Å²) in [4.78, 5) is 22.3. The molecule has 1 unspecified atom stereocenters. The van der Waals surface area contributed by atoms with Crippen LogP contribution in [-0.2, 0) is 9.59 Å². The third-order valence-corrected chi connectivity index (χ3v) is 1.93. The summed E-state index contributed by atoms with van der Waals surface area (Å²) in [5.74, 6) is -3.41. The maximum atomic E-state index is 13.1. The molecule has 1 amide bonds. The Morgan fingerprint density at radius 1 is 1.44 bits per heavy atom. The lowest BCUT2D eigenvalue weighted by Crippen LogP contribution is -2.27. The van der Waals surface area contributed by atoms with Gasteiger partial charge in [-0.2, -0.15) is 5.26 Å². The number of hydrogen-bond acceptors (Lipinski definition) is 3. The molecule has 16 heavy (non-hydrogen) atoms. The second-order valence-corrected chi connectivity index (χ2v) is 3.14. The third-order valence-electron chi connectivity index (χ3n) is 1.93. The predicted molar refractivity (Wildman–Crippen MR) is 54.8 cm³/mol. The molecular formula is C11H9FN2O2. The van der Waals surface area contributed by atoms with Crippen molar-refractivity contribution in [2.24, 2.45) is 5.92 Å². The number of hydrogen-bond donors (Lipinski definition) is 1. The molecular weight excluding hydrogens is 211 g/mol. The molecule has 0 radical (unpaired) electrons. The van der Waals surface area contributed by atoms with E-state index < -0.39 is 23.4 Å². The fraction of sp³-hybridized carbons (Fsp3) is 0.182. The number of halogens is 1. The maximum Gasteiger partial charge on any atom is 0.249 e. The summed E-state index contributed by atoms with van der Waals surface area (Å²) in [6, 6.07) is 7.08. The Bertz CT molecular complexity index is 465. The second-order valence-electron chi connectivity index (χ2n) is 3.14. The molecule has 0 aromatic heterocycles. The number of carbonyl (C=O) groups is 2. The van der Waals surface area contributed by atoms with E-state index in [9.17, 15) is 14.0 Å². The van der Waals surface area contributed by atoms with Gasteiger partial charge in [0.1, 0.15) is 5.82 Å². The number of ketones is 1. The van der Waals surface area contributed by atoms with E-state index in [-0.39, 0.29) is 5.69 Å². The molecule has 5 heteroatoms. The highest BCUT2D eigenvalue weighted by atomic mass is 19.1. The van der Waals surface area contributed by atoms with Crippen molar-refractivity contribution < 1.29 is 14.0 Å². The predicted octanol–water partition coefficient (Wildman–Crippen LogP) is 1.49. The van der Waals surface area contributed by atoms with Gasteiger partial charge in [-0.1, -0.05) is 12.1 Å². The average molecular weight is 220 g/mol. The molecule has 0 bridgehead atoms. The Labute approximate surface area is 91.7 Å². The topological polar surface area (TPSA) is 70.0 Å². The number of benzene rings is 1. The molecule has 0 aliphatic heterocycles. The monoisotopic (exact) mass is 220 g/mol. The third kappa shape index (κ3) is 2.64. The van der Waals surface area contributed by atoms with Gasteiger partial charge in [-0.15, -0.1) is 0 Å². The van der Waals surface area contributed by atoms with Crippen LogP contribution in [0.4, 0.5) is 10.1 Å². The Morgan fingerprint density at radius 3 is 2.56 bits per heavy atom. The number of rotatable bonds is 3. The molecule has 0 saturated carbocycles. The summed E-state index contributed by atoms with van der Waals surface area (Å²) in [6.07, 6.45) is 0. The SMILES string of the molecule is CC(=O)C(C#N)C(=O)Nc1ccccc1F. The molecule has 0 aliphatic rings. The van der Waals surface area contributed by atoms with Crippen LogP contribution in [0.2, 0.25) is 0 Å². The van der Waals surface area contributed by atoms with Crippen molar-refractivity contribution in [3.63, 3.8) is 0 Å². The van der Waals surface area contributed by atoms with Crippen molar-refractivity contribution in [1.29, 1.82) is 5.26 Å². The quantitative estimate of drug-likeness (QED) is 0.784. The number of amides is 1. The van der Waals surface area contributed by atoms with Crippen LogP contribution in [0.15, 0.2) is 24.3 Å². The lowest BCUT2D eigenvalue weighted by molar-refractivity contribution is -0.127. The Hall–Kier alpha value is -2.22. The van der Waals surface area contributed by atoms with Crippen LogP contribution in [0.3, 0.4) is 0 Å². The number of nitrogens with zero attached hydrogens (tertiary/aromatic N) is 1. The van der Waals surface area contributed by atoms with Gasteiger partial charge < -0.3 is 5.32 Å². The van der Waals surface area contributed by atoms with Gasteiger partial charge in [0.25, 0.3) is 0 Å². The van der Waals surface area contributed by atoms with Crippen molar-refractivity contribution in [2.45, 2.75) is 6.92 Å². The summed E-state index contributed by atoms with van der Waals surface area (Å²) in [7, 11) is 0. The minimum Gasteiger partial charge on any atom is -0.322 e. The smallest absolute Gasteiger partial charge is 0.249 e. The number of anilines is 1. The van der Waals surface area contributed by atoms with Crippen molar-refractivity contribution in [2.75, 3.05) is 5.32 Å². The molecule has 82 valence electrons. The summed E-state index contributed by atoms with van der Waals surface area (Å²) in [5, 5.41) is 10.8. The summed E-state index contributed by atoms with van der Waals surface area (Å²) < 4.78 is 13.1. The molecule has 1 atom stereocenters. The highest BCUT2D eigenvalue weighted by Crippen LogP contribution is 2.13. The Morgan fingerprint density at radius 2 is 2.06 bits per heavy atom. The number of para-hydroxylation sites is 1. The van der Waals surface area contributed by atoms with Crippen molar-refractivity contribution in [1.82, 2.24) is 0 Å². The van der Waals surface area contributed by atoms with Crippen LogP contribution in [0.25, 0.3) is 0 Å². The van der Waals surface area contributed by atoms with Crippen LogP contribution < -0.4 is 5.32 Å². The fourth-order valence-electron chi connectivity index (χ4n) is 1.10. The normalized spacial score (nSPS) is 11.3. The molecule has 0 heterocycles. The molecule has 1 aromatic carbocycles. The van der Waals surface area contributed by atoms with Crippen molar-refractivity contribution in [3.05, 3.63) is 30.1 Å². The van der Waals surface area contributed by atoms with Gasteiger partial charge in [-0.05, 0) is 19.1 Å². The zero-order valence-corrected chi connectivity index (χ0v) is 8.53. The van der Waals surface area contributed by atoms with E-state index in [0.717, 1.165) is 6.92 Å². The average Bonchev–Trinajstić information content (AvgIpc) is 2.22. The van der Waals surface area contributed by atoms with Gasteiger partial charge in [0, 0.05) is 0 Å². The van der Waals surface area contributed by atoms with Gasteiger partial charge in [-0.3, -0.25) is 9.59 Å². The van der Waals surface area contributed by atoms with E-state index >= 15 is 0 Å². The minimum atomic E-state index is -1.40. The molecule has 4 nitrogen and oxygen atoms in total. The first-order chi connectivity index (χ1) is 7.56. The van der Waals surface area contributed by atoms with Gasteiger partial charge >= 0.3 is 0 Å². The molecule has 1 aromatic rings. The number of nitrogens with one attached hydrogen (secondary N) is 1. The highest BCUT2D eigenvalue weighted by Gasteiger charge is 2.23. The van der Waals surface area contributed by atoms with Crippen LogP contribution >= 0.6 is 0 Å². The lowest BCUT2D eigenvalue weighted by Gasteiger charge is -2.07. The molecule has 1 N–H and O–H groups in total. The van der Waals surface area contributed by atoms with Crippen LogP contribution in [0.1, 0.15) is 6.92 Å². The number of nitriles is 1. The summed E-state index contributed by atoms with van der Waals surface area (Å²) in [6.45, 7) is 1.13. The summed E-state index contributed by atoms with van der Waals surface area (Å²) in [5.41, 5.74) is -0.0472. The van der Waals surface area contributed by atoms with Crippen molar-refractivity contribution >= 4 is 17.4 Å². The lowest BCUT2D eigenvalue weighted by atomic mass is 10.1. The van der Waals surface area contributed by atoms with E-state index in [1.807, 2.05) is 0 Å².